The maximum absolute atomic E-state index is 13.6. The number of carbonyl (C=O) groups excluding carboxylic acids is 1. The minimum absolute atomic E-state index is 0.137. The van der Waals surface area contributed by atoms with Crippen LogP contribution in [0.4, 0.5) is 5.69 Å². The fraction of sp³-hybridized carbons (Fsp3) is 0.269. The third kappa shape index (κ3) is 5.17. The zero-order chi connectivity index (χ0) is 24.1. The van der Waals surface area contributed by atoms with Gasteiger partial charge in [-0.05, 0) is 49.2 Å². The zero-order valence-electron chi connectivity index (χ0n) is 19.2. The van der Waals surface area contributed by atoms with Gasteiger partial charge in [-0.2, -0.15) is 0 Å². The Kier molecular flexibility index (Phi) is 7.07. The van der Waals surface area contributed by atoms with Gasteiger partial charge in [0.15, 0.2) is 11.5 Å². The van der Waals surface area contributed by atoms with Crippen LogP contribution in [0.5, 0.6) is 11.5 Å². The molecule has 0 fully saturated rings. The first-order valence-corrected chi connectivity index (χ1v) is 12.6. The van der Waals surface area contributed by atoms with Gasteiger partial charge in [0.05, 0.1) is 17.1 Å². The van der Waals surface area contributed by atoms with E-state index in [9.17, 15) is 13.2 Å². The van der Waals surface area contributed by atoms with Gasteiger partial charge in [-0.25, -0.2) is 8.42 Å². The van der Waals surface area contributed by atoms with Crippen LogP contribution in [0, 0.1) is 6.92 Å². The summed E-state index contributed by atoms with van der Waals surface area (Å²) in [6, 6.07) is 21.2. The molecule has 0 spiro atoms. The summed E-state index contributed by atoms with van der Waals surface area (Å²) in [6.45, 7) is 3.98. The van der Waals surface area contributed by atoms with E-state index in [1.54, 1.807) is 42.5 Å². The molecule has 1 heterocycles. The standard InChI is InChI=1S/C26H28N2O5S/c1-3-20-8-4-5-9-23(20)28(34(30,31)22-14-12-19(2)13-15-22)17-26(29)27-16-21-18-32-24-10-6-7-11-25(24)33-21/h4-15,21H,3,16-18H2,1-2H3,(H,27,29). The highest BCUT2D eigenvalue weighted by atomic mass is 32.2. The lowest BCUT2D eigenvalue weighted by Gasteiger charge is -2.28. The molecule has 0 saturated heterocycles. The molecule has 7 nitrogen and oxygen atoms in total. The van der Waals surface area contributed by atoms with Crippen molar-refractivity contribution in [1.29, 1.82) is 0 Å². The van der Waals surface area contributed by atoms with Gasteiger partial charge in [0.25, 0.3) is 10.0 Å². The third-order valence-electron chi connectivity index (χ3n) is 5.63. The first-order chi connectivity index (χ1) is 16.4. The number of para-hydroxylation sites is 3. The highest BCUT2D eigenvalue weighted by Crippen LogP contribution is 2.31. The van der Waals surface area contributed by atoms with Crippen LogP contribution in [0.25, 0.3) is 0 Å². The Balaban J connectivity index is 1.53. The molecule has 1 aliphatic rings. The molecule has 1 aliphatic heterocycles. The van der Waals surface area contributed by atoms with Crippen molar-refractivity contribution in [1.82, 2.24) is 5.32 Å². The number of nitrogens with zero attached hydrogens (tertiary/aromatic N) is 1. The minimum Gasteiger partial charge on any atom is -0.486 e. The predicted molar refractivity (Wildman–Crippen MR) is 131 cm³/mol. The SMILES string of the molecule is CCc1ccccc1N(CC(=O)NCC1COc2ccccc2O1)S(=O)(=O)c1ccc(C)cc1. The lowest BCUT2D eigenvalue weighted by molar-refractivity contribution is -0.120. The summed E-state index contributed by atoms with van der Waals surface area (Å²) in [4.78, 5) is 13.1. The maximum atomic E-state index is 13.6. The molecule has 1 unspecified atom stereocenters. The van der Waals surface area contributed by atoms with Crippen molar-refractivity contribution >= 4 is 21.6 Å². The predicted octanol–water partition coefficient (Wildman–Crippen LogP) is 3.71. The van der Waals surface area contributed by atoms with Crippen molar-refractivity contribution in [2.75, 3.05) is 24.0 Å². The van der Waals surface area contributed by atoms with Gasteiger partial charge in [0.2, 0.25) is 5.91 Å². The normalized spacial score (nSPS) is 14.9. The molecule has 8 heteroatoms. The number of hydrogen-bond donors (Lipinski definition) is 1. The molecule has 178 valence electrons. The van der Waals surface area contributed by atoms with Gasteiger partial charge in [-0.1, -0.05) is 55.0 Å². The van der Waals surface area contributed by atoms with Crippen molar-refractivity contribution in [2.24, 2.45) is 0 Å². The number of fused-ring (bicyclic) bond motifs is 1. The summed E-state index contributed by atoms with van der Waals surface area (Å²) in [5.41, 5.74) is 2.28. The summed E-state index contributed by atoms with van der Waals surface area (Å²) < 4.78 is 39.9. The van der Waals surface area contributed by atoms with Gasteiger partial charge >= 0.3 is 0 Å². The van der Waals surface area contributed by atoms with E-state index < -0.39 is 15.9 Å². The van der Waals surface area contributed by atoms with Gasteiger partial charge in [0, 0.05) is 0 Å². The molecule has 3 aromatic carbocycles. The largest absolute Gasteiger partial charge is 0.486 e. The molecule has 4 rings (SSSR count). The van der Waals surface area contributed by atoms with Crippen molar-refractivity contribution < 1.29 is 22.7 Å². The molecule has 0 saturated carbocycles. The average Bonchev–Trinajstić information content (AvgIpc) is 2.86. The Labute approximate surface area is 200 Å². The number of anilines is 1. The van der Waals surface area contributed by atoms with Crippen molar-refractivity contribution in [3.05, 3.63) is 83.9 Å². The Morgan fingerprint density at radius 3 is 2.41 bits per heavy atom. The first kappa shape index (κ1) is 23.6. The van der Waals surface area contributed by atoms with Crippen molar-refractivity contribution in [3.63, 3.8) is 0 Å². The van der Waals surface area contributed by atoms with Gasteiger partial charge in [0.1, 0.15) is 19.3 Å². The monoisotopic (exact) mass is 480 g/mol. The lowest BCUT2D eigenvalue weighted by atomic mass is 10.1. The maximum Gasteiger partial charge on any atom is 0.264 e. The second-order valence-electron chi connectivity index (χ2n) is 8.11. The van der Waals surface area contributed by atoms with E-state index in [-0.39, 0.29) is 24.1 Å². The van der Waals surface area contributed by atoms with E-state index in [0.717, 1.165) is 11.1 Å². The second kappa shape index (κ2) is 10.2. The summed E-state index contributed by atoms with van der Waals surface area (Å²) in [7, 11) is -3.97. The van der Waals surface area contributed by atoms with Crippen LogP contribution in [0.15, 0.2) is 77.7 Å². The van der Waals surface area contributed by atoms with E-state index in [1.165, 1.54) is 4.31 Å². The molecular weight excluding hydrogens is 452 g/mol. The Morgan fingerprint density at radius 2 is 1.68 bits per heavy atom. The number of carbonyl (C=O) groups is 1. The highest BCUT2D eigenvalue weighted by molar-refractivity contribution is 7.92. The summed E-state index contributed by atoms with van der Waals surface area (Å²) in [5.74, 6) is 0.856. The van der Waals surface area contributed by atoms with Crippen LogP contribution in [-0.4, -0.2) is 40.1 Å². The Morgan fingerprint density at radius 1 is 1.00 bits per heavy atom. The molecule has 0 bridgehead atoms. The number of amides is 1. The van der Waals surface area contributed by atoms with Crippen molar-refractivity contribution in [2.45, 2.75) is 31.3 Å². The number of aryl methyl sites for hydroxylation is 2. The fourth-order valence-corrected chi connectivity index (χ4v) is 5.23. The van der Waals surface area contributed by atoms with Crippen LogP contribution < -0.4 is 19.1 Å². The van der Waals surface area contributed by atoms with E-state index in [1.807, 2.05) is 44.2 Å². The second-order valence-corrected chi connectivity index (χ2v) is 9.97. The summed E-state index contributed by atoms with van der Waals surface area (Å²) in [6.07, 6.45) is 0.258. The quantitative estimate of drug-likeness (QED) is 0.531. The third-order valence-corrected chi connectivity index (χ3v) is 7.41. The fourth-order valence-electron chi connectivity index (χ4n) is 3.77. The van der Waals surface area contributed by atoms with Crippen LogP contribution in [0.3, 0.4) is 0 Å². The molecule has 1 N–H and O–H groups in total. The average molecular weight is 481 g/mol. The Hall–Kier alpha value is -3.52. The number of ether oxygens (including phenoxy) is 2. The molecule has 0 aliphatic carbocycles. The molecule has 3 aromatic rings. The molecule has 1 atom stereocenters. The lowest BCUT2D eigenvalue weighted by Crippen LogP contribution is -2.45. The minimum atomic E-state index is -3.97. The van der Waals surface area contributed by atoms with Crippen LogP contribution >= 0.6 is 0 Å². The van der Waals surface area contributed by atoms with Crippen LogP contribution in [0.2, 0.25) is 0 Å². The zero-order valence-corrected chi connectivity index (χ0v) is 20.0. The van der Waals surface area contributed by atoms with Gasteiger partial charge < -0.3 is 14.8 Å². The molecule has 0 radical (unpaired) electrons. The van der Waals surface area contributed by atoms with E-state index in [0.29, 0.717) is 30.2 Å². The highest BCUT2D eigenvalue weighted by Gasteiger charge is 2.29. The molecule has 34 heavy (non-hydrogen) atoms. The van der Waals surface area contributed by atoms with E-state index in [2.05, 4.69) is 5.32 Å². The Bertz CT molecular complexity index is 1260. The number of hydrogen-bond acceptors (Lipinski definition) is 5. The topological polar surface area (TPSA) is 84.9 Å². The summed E-state index contributed by atoms with van der Waals surface area (Å²) in [5, 5.41) is 2.80. The van der Waals surface area contributed by atoms with Crippen LogP contribution in [0.1, 0.15) is 18.1 Å². The van der Waals surface area contributed by atoms with Gasteiger partial charge in [-0.3, -0.25) is 9.10 Å². The number of rotatable bonds is 8. The van der Waals surface area contributed by atoms with Crippen LogP contribution in [-0.2, 0) is 21.2 Å². The summed E-state index contributed by atoms with van der Waals surface area (Å²) >= 11 is 0. The number of nitrogens with one attached hydrogen (secondary N) is 1. The van der Waals surface area contributed by atoms with Gasteiger partial charge in [-0.15, -0.1) is 0 Å². The van der Waals surface area contributed by atoms with E-state index in [4.69, 9.17) is 9.47 Å². The van der Waals surface area contributed by atoms with E-state index >= 15 is 0 Å². The number of benzene rings is 3. The number of sulfonamides is 1. The first-order valence-electron chi connectivity index (χ1n) is 11.2. The molecular formula is C26H28N2O5S. The molecule has 0 aromatic heterocycles. The van der Waals surface area contributed by atoms with Crippen molar-refractivity contribution in [3.8, 4) is 11.5 Å². The molecule has 1 amide bonds. The smallest absolute Gasteiger partial charge is 0.264 e.